The molecule has 0 spiro atoms. The molecule has 10 nitrogen and oxygen atoms in total. The lowest BCUT2D eigenvalue weighted by atomic mass is 9.90. The number of fused-ring (bicyclic) bond motifs is 1. The van der Waals surface area contributed by atoms with Gasteiger partial charge in [-0.05, 0) is 54.7 Å². The third-order valence-electron chi connectivity index (χ3n) is 8.72. The summed E-state index contributed by atoms with van der Waals surface area (Å²) >= 11 is 0. The number of ether oxygens (including phenoxy) is 2. The van der Waals surface area contributed by atoms with Gasteiger partial charge in [-0.3, -0.25) is 4.98 Å². The Morgan fingerprint density at radius 2 is 1.84 bits per heavy atom. The van der Waals surface area contributed by atoms with Crippen LogP contribution < -0.4 is 10.6 Å². The van der Waals surface area contributed by atoms with E-state index in [1.54, 1.807) is 35.2 Å². The van der Waals surface area contributed by atoms with Crippen molar-refractivity contribution in [2.45, 2.75) is 44.2 Å². The first-order valence-electron chi connectivity index (χ1n) is 15.2. The second kappa shape index (κ2) is 13.1. The fraction of sp³-hybridized carbons (Fsp3) is 0.469. The molecule has 0 aliphatic carbocycles. The van der Waals surface area contributed by atoms with E-state index in [9.17, 15) is 8.42 Å². The van der Waals surface area contributed by atoms with Gasteiger partial charge in [-0.25, -0.2) is 26.7 Å². The Morgan fingerprint density at radius 1 is 1.09 bits per heavy atom. The van der Waals surface area contributed by atoms with Gasteiger partial charge in [-0.15, -0.1) is 0 Å². The molecule has 240 valence electrons. The van der Waals surface area contributed by atoms with Gasteiger partial charge in [-0.2, -0.15) is 5.10 Å². The molecule has 2 fully saturated rings. The van der Waals surface area contributed by atoms with Crippen LogP contribution in [-0.2, 0) is 25.7 Å². The Morgan fingerprint density at radius 3 is 2.56 bits per heavy atom. The van der Waals surface area contributed by atoms with Crippen LogP contribution in [0.2, 0.25) is 0 Å². The highest BCUT2D eigenvalue weighted by molar-refractivity contribution is 7.90. The Balaban J connectivity index is 1.23. The fourth-order valence-corrected chi connectivity index (χ4v) is 6.85. The summed E-state index contributed by atoms with van der Waals surface area (Å²) in [6.07, 6.45) is 7.95. The number of pyridine rings is 1. The SMILES string of the molecule is C[C@H]1CN(c2ccncc2Cc2ncc3ccc(-c4c(F)cc(C5CCOCC5)cc4F)nn23)C[C@@H](N)[C@H]1OCCS(C)(=O)=O. The summed E-state index contributed by atoms with van der Waals surface area (Å²) in [7, 11) is -3.13. The number of hydrogen-bond donors (Lipinski definition) is 1. The van der Waals surface area contributed by atoms with E-state index >= 15 is 8.78 Å². The quantitative estimate of drug-likeness (QED) is 0.291. The summed E-state index contributed by atoms with van der Waals surface area (Å²) in [5, 5.41) is 4.63. The molecule has 0 bridgehead atoms. The van der Waals surface area contributed by atoms with Gasteiger partial charge in [0.15, 0.2) is 0 Å². The highest BCUT2D eigenvalue weighted by atomic mass is 32.2. The van der Waals surface area contributed by atoms with Gasteiger partial charge < -0.3 is 20.1 Å². The van der Waals surface area contributed by atoms with Crippen molar-refractivity contribution in [1.82, 2.24) is 19.6 Å². The van der Waals surface area contributed by atoms with Crippen molar-refractivity contribution in [3.8, 4) is 11.3 Å². The third kappa shape index (κ3) is 7.01. The lowest BCUT2D eigenvalue weighted by Gasteiger charge is -2.42. The van der Waals surface area contributed by atoms with E-state index in [2.05, 4.69) is 20.0 Å². The molecule has 2 N–H and O–H groups in total. The highest BCUT2D eigenvalue weighted by Gasteiger charge is 2.34. The molecule has 6 rings (SSSR count). The van der Waals surface area contributed by atoms with Crippen molar-refractivity contribution in [2.75, 3.05) is 49.8 Å². The summed E-state index contributed by atoms with van der Waals surface area (Å²) in [5.74, 6) is -0.624. The lowest BCUT2D eigenvalue weighted by Crippen LogP contribution is -2.57. The van der Waals surface area contributed by atoms with Crippen molar-refractivity contribution in [2.24, 2.45) is 11.7 Å². The van der Waals surface area contributed by atoms with Gasteiger partial charge in [0.2, 0.25) is 0 Å². The largest absolute Gasteiger partial charge is 0.381 e. The van der Waals surface area contributed by atoms with Crippen molar-refractivity contribution in [3.05, 3.63) is 77.5 Å². The molecule has 0 amide bonds. The first-order chi connectivity index (χ1) is 21.6. The molecule has 0 saturated carbocycles. The Hall–Kier alpha value is -3.52. The van der Waals surface area contributed by atoms with Crippen LogP contribution in [0.5, 0.6) is 0 Å². The molecule has 1 aromatic carbocycles. The zero-order chi connectivity index (χ0) is 31.7. The number of sulfone groups is 1. The normalized spacial score (nSPS) is 21.4. The van der Waals surface area contributed by atoms with Crippen LogP contribution in [0.1, 0.15) is 42.6 Å². The van der Waals surface area contributed by atoms with Crippen molar-refractivity contribution >= 4 is 21.0 Å². The minimum atomic E-state index is -3.13. The third-order valence-corrected chi connectivity index (χ3v) is 9.63. The van der Waals surface area contributed by atoms with Gasteiger partial charge in [-0.1, -0.05) is 6.92 Å². The van der Waals surface area contributed by atoms with Crippen LogP contribution in [0.4, 0.5) is 14.5 Å². The molecule has 2 aliphatic heterocycles. The maximum atomic E-state index is 15.4. The summed E-state index contributed by atoms with van der Waals surface area (Å²) in [4.78, 5) is 11.1. The summed E-state index contributed by atoms with van der Waals surface area (Å²) < 4.78 is 66.8. The molecular formula is C32H38F2N6O4S. The molecule has 0 unspecified atom stereocenters. The van der Waals surface area contributed by atoms with E-state index in [-0.39, 0.29) is 47.6 Å². The molecule has 4 aromatic rings. The molecule has 2 saturated heterocycles. The van der Waals surface area contributed by atoms with Gasteiger partial charge in [0, 0.05) is 74.6 Å². The fourth-order valence-electron chi connectivity index (χ4n) is 6.45. The molecule has 5 heterocycles. The summed E-state index contributed by atoms with van der Waals surface area (Å²) in [6, 6.07) is 7.80. The number of anilines is 1. The minimum absolute atomic E-state index is 0.0456. The van der Waals surface area contributed by atoms with Crippen LogP contribution in [0.25, 0.3) is 16.8 Å². The van der Waals surface area contributed by atoms with Gasteiger partial charge in [0.25, 0.3) is 0 Å². The predicted octanol–water partition coefficient (Wildman–Crippen LogP) is 3.77. The number of nitrogens with zero attached hydrogens (tertiary/aromatic N) is 5. The molecule has 3 atom stereocenters. The first kappa shape index (κ1) is 31.5. The van der Waals surface area contributed by atoms with E-state index in [0.717, 1.165) is 24.1 Å². The van der Waals surface area contributed by atoms with Gasteiger partial charge in [0.1, 0.15) is 27.3 Å². The molecule has 3 aromatic heterocycles. The van der Waals surface area contributed by atoms with Crippen LogP contribution >= 0.6 is 0 Å². The molecular weight excluding hydrogens is 602 g/mol. The van der Waals surface area contributed by atoms with Crippen molar-refractivity contribution in [1.29, 1.82) is 0 Å². The molecule has 0 radical (unpaired) electrons. The van der Waals surface area contributed by atoms with E-state index in [1.807, 2.05) is 13.0 Å². The number of piperidine rings is 1. The first-order valence-corrected chi connectivity index (χ1v) is 17.3. The number of benzene rings is 1. The van der Waals surface area contributed by atoms with Gasteiger partial charge in [0.05, 0.1) is 41.4 Å². The Kier molecular flexibility index (Phi) is 9.14. The minimum Gasteiger partial charge on any atom is -0.381 e. The van der Waals surface area contributed by atoms with E-state index in [0.29, 0.717) is 49.6 Å². The zero-order valence-corrected chi connectivity index (χ0v) is 26.2. The Bertz CT molecular complexity index is 1740. The van der Waals surface area contributed by atoms with E-state index in [1.165, 1.54) is 18.4 Å². The lowest BCUT2D eigenvalue weighted by molar-refractivity contribution is 0.00179. The van der Waals surface area contributed by atoms with Crippen molar-refractivity contribution in [3.63, 3.8) is 0 Å². The number of halogens is 2. The topological polar surface area (TPSA) is 125 Å². The molecule has 13 heteroatoms. The maximum Gasteiger partial charge on any atom is 0.149 e. The molecule has 2 aliphatic rings. The number of rotatable bonds is 9. The second-order valence-corrected chi connectivity index (χ2v) is 14.4. The van der Waals surface area contributed by atoms with Crippen LogP contribution in [0.3, 0.4) is 0 Å². The molecule has 45 heavy (non-hydrogen) atoms. The number of hydrogen-bond acceptors (Lipinski definition) is 9. The van der Waals surface area contributed by atoms with Crippen LogP contribution in [-0.4, -0.2) is 85.1 Å². The van der Waals surface area contributed by atoms with Crippen molar-refractivity contribution < 1.29 is 26.7 Å². The smallest absolute Gasteiger partial charge is 0.149 e. The van der Waals surface area contributed by atoms with Crippen LogP contribution in [0, 0.1) is 17.6 Å². The standard InChI is InChI=1S/C32H38F2N6O4S/c1-20-18-39(19-27(35)32(20)44-11-12-45(2,41)42)29-5-8-36-16-23(29)15-30-37-17-24-3-4-28(38-40(24)30)31-25(33)13-22(14-26(31)34)21-6-9-43-10-7-21/h3-5,8,13-14,16-17,20-21,27,32H,6-7,9-12,15,18-19,35H2,1-2H3/t20-,27+,32-/m0/s1. The second-order valence-electron chi connectivity index (χ2n) is 12.2. The average molecular weight is 641 g/mol. The van der Waals surface area contributed by atoms with E-state index in [4.69, 9.17) is 15.2 Å². The summed E-state index contributed by atoms with van der Waals surface area (Å²) in [5.41, 5.74) is 9.72. The highest BCUT2D eigenvalue weighted by Crippen LogP contribution is 2.33. The number of imidazole rings is 1. The predicted molar refractivity (Wildman–Crippen MR) is 167 cm³/mol. The van der Waals surface area contributed by atoms with Crippen LogP contribution in [0.15, 0.2) is 48.9 Å². The number of aromatic nitrogens is 4. The average Bonchev–Trinajstić information content (AvgIpc) is 3.40. The zero-order valence-electron chi connectivity index (χ0n) is 25.4. The number of nitrogens with two attached hydrogens (primary N) is 1. The summed E-state index contributed by atoms with van der Waals surface area (Å²) in [6.45, 7) is 4.49. The van der Waals surface area contributed by atoms with Gasteiger partial charge >= 0.3 is 0 Å². The Labute approximate surface area is 261 Å². The maximum absolute atomic E-state index is 15.4. The van der Waals surface area contributed by atoms with E-state index < -0.39 is 21.5 Å². The monoisotopic (exact) mass is 640 g/mol.